The standard InChI is InChI=1S/C18H23F2NOS/c19-18(20)9-6-15(7-10-18)17(22)21-11-8-14(12-21)13-23-16-4-2-1-3-5-16/h1-5,14-15H,6-13H2. The molecule has 2 aliphatic rings. The molecule has 2 fully saturated rings. The SMILES string of the molecule is O=C(C1CCC(F)(F)CC1)N1CCC(CSc2ccccc2)C1. The van der Waals surface area contributed by atoms with E-state index in [9.17, 15) is 13.6 Å². The second kappa shape index (κ2) is 7.20. The molecule has 1 saturated carbocycles. The number of nitrogens with zero attached hydrogens (tertiary/aromatic N) is 1. The van der Waals surface area contributed by atoms with Gasteiger partial charge in [0.25, 0.3) is 0 Å². The van der Waals surface area contributed by atoms with Crippen LogP contribution in [0, 0.1) is 11.8 Å². The van der Waals surface area contributed by atoms with E-state index in [4.69, 9.17) is 0 Å². The van der Waals surface area contributed by atoms with Crippen LogP contribution in [0.2, 0.25) is 0 Å². The molecule has 0 spiro atoms. The van der Waals surface area contributed by atoms with Crippen LogP contribution in [-0.2, 0) is 4.79 Å². The number of likely N-dealkylation sites (tertiary alicyclic amines) is 1. The van der Waals surface area contributed by atoms with Crippen LogP contribution >= 0.6 is 11.8 Å². The van der Waals surface area contributed by atoms with Gasteiger partial charge in [-0.1, -0.05) is 18.2 Å². The topological polar surface area (TPSA) is 20.3 Å². The van der Waals surface area contributed by atoms with Crippen molar-refractivity contribution in [2.24, 2.45) is 11.8 Å². The van der Waals surface area contributed by atoms with Crippen molar-refractivity contribution in [3.63, 3.8) is 0 Å². The fourth-order valence-corrected chi connectivity index (χ4v) is 4.49. The van der Waals surface area contributed by atoms with Crippen LogP contribution in [0.15, 0.2) is 35.2 Å². The molecule has 1 aromatic carbocycles. The summed E-state index contributed by atoms with van der Waals surface area (Å²) < 4.78 is 26.4. The maximum absolute atomic E-state index is 13.2. The Morgan fingerprint density at radius 1 is 1.17 bits per heavy atom. The zero-order chi connectivity index (χ0) is 16.3. The van der Waals surface area contributed by atoms with E-state index in [1.165, 1.54) is 4.90 Å². The minimum atomic E-state index is -2.56. The van der Waals surface area contributed by atoms with E-state index < -0.39 is 5.92 Å². The fraction of sp³-hybridized carbons (Fsp3) is 0.611. The molecule has 23 heavy (non-hydrogen) atoms. The van der Waals surface area contributed by atoms with Gasteiger partial charge < -0.3 is 4.90 Å². The van der Waals surface area contributed by atoms with Gasteiger partial charge in [0.1, 0.15) is 0 Å². The van der Waals surface area contributed by atoms with Crippen molar-refractivity contribution in [1.29, 1.82) is 0 Å². The van der Waals surface area contributed by atoms with E-state index in [2.05, 4.69) is 12.1 Å². The Hall–Kier alpha value is -1.10. The molecule has 1 atom stereocenters. The van der Waals surface area contributed by atoms with Gasteiger partial charge in [-0.05, 0) is 37.3 Å². The fourth-order valence-electron chi connectivity index (χ4n) is 3.44. The number of rotatable bonds is 4. The van der Waals surface area contributed by atoms with Gasteiger partial charge in [-0.25, -0.2) is 8.78 Å². The summed E-state index contributed by atoms with van der Waals surface area (Å²) in [5.41, 5.74) is 0. The molecule has 126 valence electrons. The molecule has 1 saturated heterocycles. The Kier molecular flexibility index (Phi) is 5.24. The van der Waals surface area contributed by atoms with Crippen LogP contribution < -0.4 is 0 Å². The summed E-state index contributed by atoms with van der Waals surface area (Å²) in [6.45, 7) is 1.57. The highest BCUT2D eigenvalue weighted by molar-refractivity contribution is 7.99. The lowest BCUT2D eigenvalue weighted by molar-refractivity contribution is -0.138. The molecule has 1 aromatic rings. The average Bonchev–Trinajstić information content (AvgIpc) is 3.02. The van der Waals surface area contributed by atoms with Gasteiger partial charge in [-0.3, -0.25) is 4.79 Å². The quantitative estimate of drug-likeness (QED) is 0.755. The van der Waals surface area contributed by atoms with Crippen LogP contribution in [-0.4, -0.2) is 35.6 Å². The molecule has 1 aliphatic heterocycles. The number of alkyl halides is 2. The number of thioether (sulfide) groups is 1. The van der Waals surface area contributed by atoms with E-state index in [-0.39, 0.29) is 24.7 Å². The lowest BCUT2D eigenvalue weighted by atomic mass is 9.86. The van der Waals surface area contributed by atoms with Gasteiger partial charge in [0, 0.05) is 42.5 Å². The molecule has 0 radical (unpaired) electrons. The molecular weight excluding hydrogens is 316 g/mol. The Bertz CT molecular complexity index is 527. The predicted molar refractivity (Wildman–Crippen MR) is 88.8 cm³/mol. The zero-order valence-electron chi connectivity index (χ0n) is 13.2. The van der Waals surface area contributed by atoms with Gasteiger partial charge in [0.05, 0.1) is 0 Å². The number of carbonyl (C=O) groups excluding carboxylic acids is 1. The maximum atomic E-state index is 13.2. The monoisotopic (exact) mass is 339 g/mol. The van der Waals surface area contributed by atoms with Crippen molar-refractivity contribution < 1.29 is 13.6 Å². The Morgan fingerprint density at radius 2 is 1.87 bits per heavy atom. The van der Waals surface area contributed by atoms with E-state index >= 15 is 0 Å². The summed E-state index contributed by atoms with van der Waals surface area (Å²) in [6, 6.07) is 10.3. The minimum absolute atomic E-state index is 0.104. The average molecular weight is 339 g/mol. The molecule has 1 unspecified atom stereocenters. The van der Waals surface area contributed by atoms with Crippen molar-refractivity contribution in [3.8, 4) is 0 Å². The number of halogens is 2. The summed E-state index contributed by atoms with van der Waals surface area (Å²) in [4.78, 5) is 15.7. The van der Waals surface area contributed by atoms with Crippen LogP contribution in [0.5, 0.6) is 0 Å². The number of hydrogen-bond donors (Lipinski definition) is 0. The number of amides is 1. The Balaban J connectivity index is 1.45. The van der Waals surface area contributed by atoms with E-state index in [1.54, 1.807) is 0 Å². The van der Waals surface area contributed by atoms with Crippen molar-refractivity contribution in [1.82, 2.24) is 4.90 Å². The Morgan fingerprint density at radius 3 is 2.57 bits per heavy atom. The highest BCUT2D eigenvalue weighted by atomic mass is 32.2. The Labute approximate surface area is 140 Å². The molecule has 0 aromatic heterocycles. The highest BCUT2D eigenvalue weighted by Gasteiger charge is 2.39. The minimum Gasteiger partial charge on any atom is -0.342 e. The van der Waals surface area contributed by atoms with Crippen LogP contribution in [0.1, 0.15) is 32.1 Å². The summed E-state index contributed by atoms with van der Waals surface area (Å²) in [5.74, 6) is -1.12. The van der Waals surface area contributed by atoms with E-state index in [1.807, 2.05) is 34.9 Å². The predicted octanol–water partition coefficient (Wildman–Crippen LogP) is 4.45. The van der Waals surface area contributed by atoms with Crippen LogP contribution in [0.25, 0.3) is 0 Å². The molecule has 0 bridgehead atoms. The van der Waals surface area contributed by atoms with Gasteiger partial charge in [-0.2, -0.15) is 0 Å². The molecule has 1 amide bonds. The van der Waals surface area contributed by atoms with Crippen molar-refractivity contribution in [2.45, 2.75) is 42.9 Å². The molecule has 5 heteroatoms. The summed E-state index contributed by atoms with van der Waals surface area (Å²) in [6.07, 6.45) is 1.43. The number of carbonyl (C=O) groups is 1. The van der Waals surface area contributed by atoms with Crippen molar-refractivity contribution in [3.05, 3.63) is 30.3 Å². The van der Waals surface area contributed by atoms with E-state index in [0.29, 0.717) is 18.8 Å². The summed E-state index contributed by atoms with van der Waals surface area (Å²) in [7, 11) is 0. The molecule has 3 rings (SSSR count). The second-order valence-corrected chi connectivity index (χ2v) is 7.79. The first-order valence-corrected chi connectivity index (χ1v) is 9.36. The lowest BCUT2D eigenvalue weighted by Gasteiger charge is -2.30. The summed E-state index contributed by atoms with van der Waals surface area (Å²) in [5, 5.41) is 0. The zero-order valence-corrected chi connectivity index (χ0v) is 14.0. The summed E-state index contributed by atoms with van der Waals surface area (Å²) >= 11 is 1.83. The van der Waals surface area contributed by atoms with Crippen molar-refractivity contribution >= 4 is 17.7 Å². The van der Waals surface area contributed by atoms with E-state index in [0.717, 1.165) is 25.3 Å². The number of benzene rings is 1. The third kappa shape index (κ3) is 4.46. The lowest BCUT2D eigenvalue weighted by Crippen LogP contribution is -2.38. The normalized spacial score (nSPS) is 24.8. The van der Waals surface area contributed by atoms with Gasteiger partial charge >= 0.3 is 0 Å². The molecular formula is C18H23F2NOS. The van der Waals surface area contributed by atoms with Crippen molar-refractivity contribution in [2.75, 3.05) is 18.8 Å². The highest BCUT2D eigenvalue weighted by Crippen LogP contribution is 2.37. The second-order valence-electron chi connectivity index (χ2n) is 6.69. The first-order chi connectivity index (χ1) is 11.0. The molecule has 2 nitrogen and oxygen atoms in total. The third-order valence-electron chi connectivity index (χ3n) is 4.89. The molecule has 0 N–H and O–H groups in total. The van der Waals surface area contributed by atoms with Gasteiger partial charge in [-0.15, -0.1) is 11.8 Å². The van der Waals surface area contributed by atoms with Gasteiger partial charge in [0.2, 0.25) is 11.8 Å². The third-order valence-corrected chi connectivity index (χ3v) is 6.14. The maximum Gasteiger partial charge on any atom is 0.248 e. The van der Waals surface area contributed by atoms with Crippen LogP contribution in [0.4, 0.5) is 8.78 Å². The number of hydrogen-bond acceptors (Lipinski definition) is 2. The largest absolute Gasteiger partial charge is 0.342 e. The first kappa shape index (κ1) is 16.7. The first-order valence-electron chi connectivity index (χ1n) is 8.38. The molecule has 1 heterocycles. The molecule has 1 aliphatic carbocycles. The van der Waals surface area contributed by atoms with Gasteiger partial charge in [0.15, 0.2) is 0 Å². The van der Waals surface area contributed by atoms with Crippen LogP contribution in [0.3, 0.4) is 0 Å². The smallest absolute Gasteiger partial charge is 0.248 e.